The molecule has 0 radical (unpaired) electrons. The van der Waals surface area contributed by atoms with Crippen LogP contribution in [0.25, 0.3) is 0 Å². The van der Waals surface area contributed by atoms with Crippen LogP contribution in [0.2, 0.25) is 0 Å². The van der Waals surface area contributed by atoms with Crippen LogP contribution in [0.15, 0.2) is 65.6 Å². The van der Waals surface area contributed by atoms with Crippen molar-refractivity contribution < 1.29 is 13.6 Å². The molecule has 2 aromatic carbocycles. The molecule has 0 aliphatic rings. The Kier molecular flexibility index (Phi) is 4.93. The van der Waals surface area contributed by atoms with Gasteiger partial charge in [-0.25, -0.2) is 8.78 Å². The number of anilines is 1. The number of para-hydroxylation sites is 1. The molecule has 3 aromatic rings. The second-order valence-electron chi connectivity index (χ2n) is 5.92. The number of carbonyl (C=O) groups excluding carboxylic acids is 1. The molecule has 132 valence electrons. The normalized spacial score (nSPS) is 10.6. The van der Waals surface area contributed by atoms with Gasteiger partial charge in [-0.2, -0.15) is 0 Å². The van der Waals surface area contributed by atoms with E-state index in [0.29, 0.717) is 0 Å². The number of aryl methyl sites for hydroxylation is 1. The number of benzene rings is 2. The zero-order valence-electron chi connectivity index (χ0n) is 14.0. The van der Waals surface area contributed by atoms with Crippen molar-refractivity contribution in [2.24, 2.45) is 0 Å². The number of amides is 1. The maximum absolute atomic E-state index is 13.7. The molecule has 1 aromatic heterocycles. The summed E-state index contributed by atoms with van der Waals surface area (Å²) >= 11 is 0. The van der Waals surface area contributed by atoms with Crippen LogP contribution >= 0.6 is 0 Å². The molecule has 6 heteroatoms. The van der Waals surface area contributed by atoms with Crippen LogP contribution in [0.4, 0.5) is 14.5 Å². The minimum absolute atomic E-state index is 0.125. The van der Waals surface area contributed by atoms with Crippen LogP contribution in [-0.4, -0.2) is 10.5 Å². The van der Waals surface area contributed by atoms with Gasteiger partial charge in [-0.05, 0) is 30.7 Å². The molecule has 1 N–H and O–H groups in total. The number of carbonyl (C=O) groups is 1. The Balaban J connectivity index is 1.87. The standard InChI is InChI=1S/C20H16F2N2O2/c1-13-4-2-5-14(10-13)11-24-12-15(8-9-18(24)25)20(26)23-19-16(21)6-3-7-17(19)22/h2-10,12H,11H2,1H3,(H,23,26). The number of hydrogen-bond acceptors (Lipinski definition) is 2. The van der Waals surface area contributed by atoms with Gasteiger partial charge in [0.25, 0.3) is 11.5 Å². The lowest BCUT2D eigenvalue weighted by molar-refractivity contribution is 0.102. The Morgan fingerprint density at radius 2 is 1.73 bits per heavy atom. The van der Waals surface area contributed by atoms with E-state index in [9.17, 15) is 18.4 Å². The van der Waals surface area contributed by atoms with E-state index in [4.69, 9.17) is 0 Å². The topological polar surface area (TPSA) is 51.1 Å². The van der Waals surface area contributed by atoms with Crippen LogP contribution in [0.3, 0.4) is 0 Å². The molecular formula is C20H16F2N2O2. The van der Waals surface area contributed by atoms with Crippen molar-refractivity contribution in [3.05, 3.63) is 99.5 Å². The highest BCUT2D eigenvalue weighted by atomic mass is 19.1. The van der Waals surface area contributed by atoms with Crippen molar-refractivity contribution in [3.8, 4) is 0 Å². The largest absolute Gasteiger partial charge is 0.317 e. The van der Waals surface area contributed by atoms with Crippen molar-refractivity contribution in [2.75, 3.05) is 5.32 Å². The fourth-order valence-corrected chi connectivity index (χ4v) is 2.60. The van der Waals surface area contributed by atoms with Crippen molar-refractivity contribution in [1.29, 1.82) is 0 Å². The molecule has 26 heavy (non-hydrogen) atoms. The Morgan fingerprint density at radius 3 is 2.42 bits per heavy atom. The molecule has 0 aliphatic heterocycles. The maximum atomic E-state index is 13.7. The summed E-state index contributed by atoms with van der Waals surface area (Å²) in [7, 11) is 0. The molecule has 3 rings (SSSR count). The second kappa shape index (κ2) is 7.31. The van der Waals surface area contributed by atoms with E-state index in [2.05, 4.69) is 5.32 Å². The number of aromatic nitrogens is 1. The first-order valence-electron chi connectivity index (χ1n) is 7.95. The van der Waals surface area contributed by atoms with Gasteiger partial charge in [0, 0.05) is 12.3 Å². The zero-order valence-corrected chi connectivity index (χ0v) is 14.0. The molecular weight excluding hydrogens is 338 g/mol. The minimum atomic E-state index is -0.869. The molecule has 0 saturated heterocycles. The molecule has 0 atom stereocenters. The van der Waals surface area contributed by atoms with Crippen molar-refractivity contribution in [2.45, 2.75) is 13.5 Å². The van der Waals surface area contributed by atoms with E-state index < -0.39 is 23.2 Å². The summed E-state index contributed by atoms with van der Waals surface area (Å²) in [5.41, 5.74) is 1.29. The smallest absolute Gasteiger partial charge is 0.257 e. The highest BCUT2D eigenvalue weighted by molar-refractivity contribution is 6.04. The predicted octanol–water partition coefficient (Wildman–Crippen LogP) is 3.74. The molecule has 0 fully saturated rings. The van der Waals surface area contributed by atoms with Crippen molar-refractivity contribution in [1.82, 2.24) is 4.57 Å². The summed E-state index contributed by atoms with van der Waals surface area (Å²) in [5, 5.41) is 2.21. The molecule has 0 aliphatic carbocycles. The van der Waals surface area contributed by atoms with Crippen LogP contribution in [-0.2, 0) is 6.54 Å². The lowest BCUT2D eigenvalue weighted by atomic mass is 10.1. The third-order valence-corrected chi connectivity index (χ3v) is 3.88. The highest BCUT2D eigenvalue weighted by Crippen LogP contribution is 2.18. The number of halogens is 2. The fraction of sp³-hybridized carbons (Fsp3) is 0.100. The summed E-state index contributed by atoms with van der Waals surface area (Å²) in [6, 6.07) is 13.5. The first kappa shape index (κ1) is 17.5. The summed E-state index contributed by atoms with van der Waals surface area (Å²) in [4.78, 5) is 24.4. The monoisotopic (exact) mass is 354 g/mol. The van der Waals surface area contributed by atoms with E-state index in [1.54, 1.807) is 0 Å². The average Bonchev–Trinajstić information content (AvgIpc) is 2.60. The third-order valence-electron chi connectivity index (χ3n) is 3.88. The summed E-state index contributed by atoms with van der Waals surface area (Å²) in [6.45, 7) is 2.23. The third kappa shape index (κ3) is 3.85. The van der Waals surface area contributed by atoms with E-state index in [-0.39, 0.29) is 17.7 Å². The van der Waals surface area contributed by atoms with E-state index in [1.807, 2.05) is 31.2 Å². The van der Waals surface area contributed by atoms with Crippen LogP contribution < -0.4 is 10.9 Å². The van der Waals surface area contributed by atoms with Gasteiger partial charge < -0.3 is 9.88 Å². The quantitative estimate of drug-likeness (QED) is 0.776. The summed E-state index contributed by atoms with van der Waals surface area (Å²) in [5.74, 6) is -2.44. The first-order chi connectivity index (χ1) is 12.4. The van der Waals surface area contributed by atoms with Crippen LogP contribution in [0, 0.1) is 18.6 Å². The van der Waals surface area contributed by atoms with Gasteiger partial charge in [0.05, 0.1) is 12.1 Å². The molecule has 4 nitrogen and oxygen atoms in total. The van der Waals surface area contributed by atoms with E-state index in [1.165, 1.54) is 29.0 Å². The Labute approximate surface area is 148 Å². The minimum Gasteiger partial charge on any atom is -0.317 e. The number of hydrogen-bond donors (Lipinski definition) is 1. The first-order valence-corrected chi connectivity index (χ1v) is 7.95. The van der Waals surface area contributed by atoms with Gasteiger partial charge in [-0.1, -0.05) is 35.9 Å². The molecule has 0 saturated carbocycles. The van der Waals surface area contributed by atoms with Crippen LogP contribution in [0.5, 0.6) is 0 Å². The molecule has 0 bridgehead atoms. The predicted molar refractivity (Wildman–Crippen MR) is 95.3 cm³/mol. The zero-order chi connectivity index (χ0) is 18.7. The Hall–Kier alpha value is -3.28. The van der Waals surface area contributed by atoms with Crippen LogP contribution in [0.1, 0.15) is 21.5 Å². The summed E-state index contributed by atoms with van der Waals surface area (Å²) in [6.07, 6.45) is 1.37. The van der Waals surface area contributed by atoms with Gasteiger partial charge >= 0.3 is 0 Å². The van der Waals surface area contributed by atoms with Gasteiger partial charge in [-0.15, -0.1) is 0 Å². The number of nitrogens with one attached hydrogen (secondary N) is 1. The Bertz CT molecular complexity index is 1010. The SMILES string of the molecule is Cc1cccc(Cn2cc(C(=O)Nc3c(F)cccc3F)ccc2=O)c1. The number of nitrogens with zero attached hydrogens (tertiary/aromatic N) is 1. The summed E-state index contributed by atoms with van der Waals surface area (Å²) < 4.78 is 28.7. The van der Waals surface area contributed by atoms with Gasteiger partial charge in [-0.3, -0.25) is 9.59 Å². The van der Waals surface area contributed by atoms with Crippen molar-refractivity contribution >= 4 is 11.6 Å². The molecule has 1 amide bonds. The Morgan fingerprint density at radius 1 is 1.04 bits per heavy atom. The number of rotatable bonds is 4. The van der Waals surface area contributed by atoms with Crippen molar-refractivity contribution in [3.63, 3.8) is 0 Å². The lowest BCUT2D eigenvalue weighted by Gasteiger charge is -2.10. The lowest BCUT2D eigenvalue weighted by Crippen LogP contribution is -2.23. The van der Waals surface area contributed by atoms with E-state index >= 15 is 0 Å². The van der Waals surface area contributed by atoms with Gasteiger partial charge in [0.1, 0.15) is 17.3 Å². The molecule has 0 unspecified atom stereocenters. The maximum Gasteiger partial charge on any atom is 0.257 e. The second-order valence-corrected chi connectivity index (χ2v) is 5.92. The average molecular weight is 354 g/mol. The number of pyridine rings is 1. The molecule has 0 spiro atoms. The van der Waals surface area contributed by atoms with Gasteiger partial charge in [0.2, 0.25) is 0 Å². The van der Waals surface area contributed by atoms with Gasteiger partial charge in [0.15, 0.2) is 0 Å². The fourth-order valence-electron chi connectivity index (χ4n) is 2.60. The molecule has 1 heterocycles. The highest BCUT2D eigenvalue weighted by Gasteiger charge is 2.14. The van der Waals surface area contributed by atoms with E-state index in [0.717, 1.165) is 23.3 Å².